The van der Waals surface area contributed by atoms with Gasteiger partial charge in [0.2, 0.25) is 0 Å². The molecule has 14 heteroatoms. The molecule has 44 heavy (non-hydrogen) atoms. The zero-order valence-corrected chi connectivity index (χ0v) is 27.2. The van der Waals surface area contributed by atoms with Crippen LogP contribution in [0.15, 0.2) is 48.5 Å². The lowest BCUT2D eigenvalue weighted by Gasteiger charge is -2.36. The normalized spacial score (nSPS) is 22.3. The molecule has 4 rings (SSSR count). The molecule has 2 aliphatic heterocycles. The Kier molecular flexibility index (Phi) is 16.8. The van der Waals surface area contributed by atoms with Gasteiger partial charge in [0.15, 0.2) is 0 Å². The molecule has 0 saturated carbocycles. The number of halogens is 8. The van der Waals surface area contributed by atoms with Crippen LogP contribution in [0.2, 0.25) is 0 Å². The Labute approximate surface area is 269 Å². The molecule has 2 aromatic carbocycles. The summed E-state index contributed by atoms with van der Waals surface area (Å²) in [7, 11) is 0. The summed E-state index contributed by atoms with van der Waals surface area (Å²) in [6, 6.07) is 10.4. The predicted molar refractivity (Wildman–Crippen MR) is 164 cm³/mol. The molecule has 0 bridgehead atoms. The second-order valence-corrected chi connectivity index (χ2v) is 11.8. The van der Waals surface area contributed by atoms with Crippen molar-refractivity contribution in [3.63, 3.8) is 0 Å². The van der Waals surface area contributed by atoms with Crippen LogP contribution >= 0.6 is 28.3 Å². The SMILES string of the molecule is CC1(O)CCCN(CCOc2ccccc2C(F)(F)F)C1.CC1(O)CCCNC1.Cl.FC(F)(F)c1ccccc1OCCBr. The molecule has 252 valence electrons. The number of alkyl halides is 7. The summed E-state index contributed by atoms with van der Waals surface area (Å²) in [5.41, 5.74) is -2.64. The molecule has 3 N–H and O–H groups in total. The molecule has 2 aliphatic rings. The average molecular weight is 724 g/mol. The van der Waals surface area contributed by atoms with E-state index in [1.165, 1.54) is 36.4 Å². The van der Waals surface area contributed by atoms with Crippen molar-refractivity contribution in [2.24, 2.45) is 0 Å². The largest absolute Gasteiger partial charge is 0.492 e. The van der Waals surface area contributed by atoms with Gasteiger partial charge in [-0.1, -0.05) is 40.2 Å². The first kappa shape index (κ1) is 40.3. The summed E-state index contributed by atoms with van der Waals surface area (Å²) >= 11 is 3.08. The maximum Gasteiger partial charge on any atom is 0.419 e. The zero-order chi connectivity index (χ0) is 32.2. The minimum atomic E-state index is -4.41. The lowest BCUT2D eigenvalue weighted by atomic mass is 9.95. The number of nitrogens with zero attached hydrogens (tertiary/aromatic N) is 1. The third kappa shape index (κ3) is 15.0. The number of aliphatic hydroxyl groups is 2. The fraction of sp³-hybridized carbons (Fsp3) is 0.600. The fourth-order valence-electron chi connectivity index (χ4n) is 4.64. The Hall–Kier alpha value is -1.77. The van der Waals surface area contributed by atoms with Crippen LogP contribution in [-0.4, -0.2) is 77.6 Å². The number of benzene rings is 2. The number of hydrogen-bond donors (Lipinski definition) is 3. The highest BCUT2D eigenvalue weighted by Crippen LogP contribution is 2.36. The zero-order valence-electron chi connectivity index (χ0n) is 24.8. The molecule has 2 saturated heterocycles. The third-order valence-corrected chi connectivity index (χ3v) is 7.04. The number of β-amino-alcohol motifs (C(OH)–C–C–N with tert-alkyl or cyclic N) is 2. The van der Waals surface area contributed by atoms with E-state index in [1.807, 2.05) is 11.8 Å². The van der Waals surface area contributed by atoms with Gasteiger partial charge in [-0.15, -0.1) is 12.4 Å². The fourth-order valence-corrected chi connectivity index (χ4v) is 4.80. The second-order valence-electron chi connectivity index (χ2n) is 11.0. The van der Waals surface area contributed by atoms with Crippen LogP contribution < -0.4 is 14.8 Å². The minimum Gasteiger partial charge on any atom is -0.492 e. The molecule has 2 unspecified atom stereocenters. The Morgan fingerprint density at radius 3 is 1.73 bits per heavy atom. The Morgan fingerprint density at radius 2 is 1.32 bits per heavy atom. The molecule has 2 atom stereocenters. The highest BCUT2D eigenvalue weighted by Gasteiger charge is 2.35. The molecular weight excluding hydrogens is 682 g/mol. The lowest BCUT2D eigenvalue weighted by Crippen LogP contribution is -2.47. The standard InChI is InChI=1S/C15H20F3NO2.C9H8BrF3O.C6H13NO.ClH/c1-14(20)7-4-8-19(11-14)9-10-21-13-6-3-2-5-12(13)15(16,17)18;10-5-6-14-8-4-2-1-3-7(8)9(11,12)13;1-6(8)3-2-4-7-5-6;/h2-3,5-6,20H,4,7-11H2,1H3;1-4H,5-6H2;7-8H,2-5H2,1H3;1H. The van der Waals surface area contributed by atoms with Crippen LogP contribution in [0.3, 0.4) is 0 Å². The summed E-state index contributed by atoms with van der Waals surface area (Å²) in [4.78, 5) is 2.01. The van der Waals surface area contributed by atoms with Gasteiger partial charge in [0.05, 0.1) is 28.9 Å². The van der Waals surface area contributed by atoms with E-state index in [9.17, 15) is 36.6 Å². The number of ether oxygens (including phenoxy) is 2. The molecule has 2 fully saturated rings. The molecule has 6 nitrogen and oxygen atoms in total. The van der Waals surface area contributed by atoms with Gasteiger partial charge in [0, 0.05) is 25.0 Å². The summed E-state index contributed by atoms with van der Waals surface area (Å²) in [5.74, 6) is -0.270. The van der Waals surface area contributed by atoms with Crippen molar-refractivity contribution in [2.45, 2.75) is 63.1 Å². The van der Waals surface area contributed by atoms with E-state index in [2.05, 4.69) is 21.2 Å². The average Bonchev–Trinajstić information content (AvgIpc) is 2.91. The molecule has 0 aliphatic carbocycles. The van der Waals surface area contributed by atoms with Crippen molar-refractivity contribution >= 4 is 28.3 Å². The van der Waals surface area contributed by atoms with Crippen LogP contribution in [-0.2, 0) is 12.4 Å². The van der Waals surface area contributed by atoms with E-state index in [0.29, 0.717) is 18.4 Å². The van der Waals surface area contributed by atoms with Gasteiger partial charge in [0.1, 0.15) is 18.1 Å². The monoisotopic (exact) mass is 722 g/mol. The summed E-state index contributed by atoms with van der Waals surface area (Å²) in [5, 5.41) is 22.9. The summed E-state index contributed by atoms with van der Waals surface area (Å²) in [6.07, 6.45) is -5.09. The number of rotatable bonds is 7. The van der Waals surface area contributed by atoms with E-state index in [4.69, 9.17) is 9.47 Å². The van der Waals surface area contributed by atoms with E-state index < -0.39 is 34.7 Å². The van der Waals surface area contributed by atoms with E-state index in [-0.39, 0.29) is 37.1 Å². The second kappa shape index (κ2) is 18.4. The van der Waals surface area contributed by atoms with Crippen LogP contribution in [0.4, 0.5) is 26.3 Å². The minimum absolute atomic E-state index is 0. The van der Waals surface area contributed by atoms with E-state index in [1.54, 1.807) is 6.92 Å². The maximum absolute atomic E-state index is 12.8. The van der Waals surface area contributed by atoms with Crippen molar-refractivity contribution in [1.82, 2.24) is 10.2 Å². The molecule has 0 radical (unpaired) electrons. The molecule has 0 aromatic heterocycles. The molecule has 2 heterocycles. The number of piperidine rings is 2. The van der Waals surface area contributed by atoms with Crippen molar-refractivity contribution in [2.75, 3.05) is 51.3 Å². The maximum atomic E-state index is 12.8. The van der Waals surface area contributed by atoms with Gasteiger partial charge in [-0.2, -0.15) is 26.3 Å². The Bertz CT molecular complexity index is 1100. The number of hydrogen-bond acceptors (Lipinski definition) is 6. The van der Waals surface area contributed by atoms with Crippen molar-refractivity contribution in [3.8, 4) is 11.5 Å². The first-order chi connectivity index (χ1) is 20.0. The third-order valence-electron chi connectivity index (χ3n) is 6.71. The first-order valence-electron chi connectivity index (χ1n) is 14.1. The Morgan fingerprint density at radius 1 is 0.818 bits per heavy atom. The van der Waals surface area contributed by atoms with Gasteiger partial charge in [0.25, 0.3) is 0 Å². The van der Waals surface area contributed by atoms with E-state index in [0.717, 1.165) is 57.5 Å². The van der Waals surface area contributed by atoms with Gasteiger partial charge in [-0.05, 0) is 76.9 Å². The van der Waals surface area contributed by atoms with E-state index >= 15 is 0 Å². The molecule has 0 amide bonds. The number of nitrogens with one attached hydrogen (secondary N) is 1. The molecular formula is C30H42BrClF6N2O4. The smallest absolute Gasteiger partial charge is 0.419 e. The van der Waals surface area contributed by atoms with Gasteiger partial charge >= 0.3 is 12.4 Å². The van der Waals surface area contributed by atoms with Gasteiger partial charge in [-0.3, -0.25) is 4.90 Å². The first-order valence-corrected chi connectivity index (χ1v) is 15.2. The Balaban J connectivity index is 0.000000362. The summed E-state index contributed by atoms with van der Waals surface area (Å²) in [6.45, 7) is 7.72. The molecule has 0 spiro atoms. The quantitative estimate of drug-likeness (QED) is 0.212. The summed E-state index contributed by atoms with van der Waals surface area (Å²) < 4.78 is 85.8. The van der Waals surface area contributed by atoms with Crippen LogP contribution in [0, 0.1) is 0 Å². The number of para-hydroxylation sites is 2. The lowest BCUT2D eigenvalue weighted by molar-refractivity contribution is -0.139. The van der Waals surface area contributed by atoms with Crippen molar-refractivity contribution < 1.29 is 46.0 Å². The topological polar surface area (TPSA) is 74.2 Å². The highest BCUT2D eigenvalue weighted by molar-refractivity contribution is 9.09. The van der Waals surface area contributed by atoms with Crippen LogP contribution in [0.5, 0.6) is 11.5 Å². The molecule has 2 aromatic rings. The van der Waals surface area contributed by atoms with Gasteiger partial charge < -0.3 is 25.0 Å². The highest BCUT2D eigenvalue weighted by atomic mass is 79.9. The predicted octanol–water partition coefficient (Wildman–Crippen LogP) is 6.95. The van der Waals surface area contributed by atoms with Gasteiger partial charge in [-0.25, -0.2) is 0 Å². The van der Waals surface area contributed by atoms with Crippen LogP contribution in [0.25, 0.3) is 0 Å². The van der Waals surface area contributed by atoms with Crippen molar-refractivity contribution in [1.29, 1.82) is 0 Å². The number of likely N-dealkylation sites (tertiary alicyclic amines) is 1. The van der Waals surface area contributed by atoms with Crippen LogP contribution in [0.1, 0.15) is 50.7 Å². The van der Waals surface area contributed by atoms with Crippen molar-refractivity contribution in [3.05, 3.63) is 59.7 Å².